The van der Waals surface area contributed by atoms with Crippen molar-refractivity contribution in [1.29, 1.82) is 0 Å². The zero-order valence-corrected chi connectivity index (χ0v) is 11.3. The summed E-state index contributed by atoms with van der Waals surface area (Å²) in [4.78, 5) is 1.20. The summed E-state index contributed by atoms with van der Waals surface area (Å²) in [7, 11) is 1.66. The molecule has 3 nitrogen and oxygen atoms in total. The van der Waals surface area contributed by atoms with Crippen molar-refractivity contribution in [3.8, 4) is 5.06 Å². The number of hydrogen-bond donors (Lipinski definition) is 2. The van der Waals surface area contributed by atoms with Crippen molar-refractivity contribution in [2.24, 2.45) is 0 Å². The maximum absolute atomic E-state index is 9.02. The minimum atomic E-state index is 0.178. The smallest absolute Gasteiger partial charge is 0.188 e. The van der Waals surface area contributed by atoms with Gasteiger partial charge in [-0.25, -0.2) is 0 Å². The van der Waals surface area contributed by atoms with Crippen LogP contribution in [0.5, 0.6) is 5.06 Å². The summed E-state index contributed by atoms with van der Waals surface area (Å²) in [5.41, 5.74) is 0. The van der Waals surface area contributed by atoms with Crippen LogP contribution in [-0.4, -0.2) is 24.9 Å². The molecule has 0 saturated carbocycles. The molecule has 1 aromatic heterocycles. The number of rotatable bonds is 6. The summed E-state index contributed by atoms with van der Waals surface area (Å²) in [6.07, 6.45) is 0.931. The first-order valence-electron chi connectivity index (χ1n) is 4.87. The molecule has 0 spiro atoms. The Morgan fingerprint density at radius 2 is 2.40 bits per heavy atom. The maximum atomic E-state index is 9.02. The van der Waals surface area contributed by atoms with E-state index in [1.54, 1.807) is 18.4 Å². The Bertz CT molecular complexity index is 300. The Hall–Kier alpha value is -0.100. The summed E-state index contributed by atoms with van der Waals surface area (Å²) in [5.74, 6) is 0. The van der Waals surface area contributed by atoms with Gasteiger partial charge < -0.3 is 15.2 Å². The molecule has 0 aliphatic rings. The largest absolute Gasteiger partial charge is 0.486 e. The standard InChI is InChI=1S/C10H16BrNO2S/c1-3-7(6-13)12-5-8-4-9(11)10(14-2)15-8/h4,7,12-13H,3,5-6H2,1-2H3. The van der Waals surface area contributed by atoms with E-state index in [0.717, 1.165) is 22.5 Å². The molecular formula is C10H16BrNO2S. The lowest BCUT2D eigenvalue weighted by atomic mass is 10.2. The molecule has 0 aromatic carbocycles. The topological polar surface area (TPSA) is 41.5 Å². The zero-order chi connectivity index (χ0) is 11.3. The van der Waals surface area contributed by atoms with Crippen LogP contribution in [0.15, 0.2) is 10.5 Å². The van der Waals surface area contributed by atoms with Crippen molar-refractivity contribution in [2.75, 3.05) is 13.7 Å². The van der Waals surface area contributed by atoms with Crippen molar-refractivity contribution in [3.63, 3.8) is 0 Å². The van der Waals surface area contributed by atoms with Crippen molar-refractivity contribution in [1.82, 2.24) is 5.32 Å². The number of methoxy groups -OCH3 is 1. The van der Waals surface area contributed by atoms with Crippen LogP contribution in [0.3, 0.4) is 0 Å². The number of halogens is 1. The molecule has 0 fully saturated rings. The molecular weight excluding hydrogens is 278 g/mol. The number of aliphatic hydroxyl groups is 1. The second kappa shape index (κ2) is 6.48. The first kappa shape index (κ1) is 13.0. The molecule has 1 heterocycles. The van der Waals surface area contributed by atoms with Gasteiger partial charge in [0.25, 0.3) is 0 Å². The lowest BCUT2D eigenvalue weighted by Crippen LogP contribution is -2.30. The van der Waals surface area contributed by atoms with Crippen LogP contribution in [0.25, 0.3) is 0 Å². The highest BCUT2D eigenvalue weighted by molar-refractivity contribution is 9.10. The fraction of sp³-hybridized carbons (Fsp3) is 0.600. The van der Waals surface area contributed by atoms with Gasteiger partial charge in [0.05, 0.1) is 18.2 Å². The highest BCUT2D eigenvalue weighted by Gasteiger charge is 2.08. The average molecular weight is 294 g/mol. The lowest BCUT2D eigenvalue weighted by molar-refractivity contribution is 0.238. The van der Waals surface area contributed by atoms with Crippen molar-refractivity contribution in [3.05, 3.63) is 15.4 Å². The van der Waals surface area contributed by atoms with Crippen LogP contribution in [0.4, 0.5) is 0 Å². The summed E-state index contributed by atoms with van der Waals surface area (Å²) in [6.45, 7) is 3.00. The Balaban J connectivity index is 2.50. The van der Waals surface area contributed by atoms with Crippen LogP contribution in [-0.2, 0) is 6.54 Å². The monoisotopic (exact) mass is 293 g/mol. The first-order valence-corrected chi connectivity index (χ1v) is 6.48. The van der Waals surface area contributed by atoms with Crippen LogP contribution >= 0.6 is 27.3 Å². The van der Waals surface area contributed by atoms with Gasteiger partial charge in [-0.2, -0.15) is 0 Å². The molecule has 0 aliphatic heterocycles. The van der Waals surface area contributed by atoms with Gasteiger partial charge in [0.15, 0.2) is 5.06 Å². The van der Waals surface area contributed by atoms with E-state index < -0.39 is 0 Å². The van der Waals surface area contributed by atoms with Crippen LogP contribution in [0.1, 0.15) is 18.2 Å². The molecule has 1 atom stereocenters. The molecule has 1 rings (SSSR count). The van der Waals surface area contributed by atoms with Crippen molar-refractivity contribution < 1.29 is 9.84 Å². The highest BCUT2D eigenvalue weighted by atomic mass is 79.9. The van der Waals surface area contributed by atoms with E-state index in [9.17, 15) is 0 Å². The second-order valence-electron chi connectivity index (χ2n) is 3.22. The van der Waals surface area contributed by atoms with Crippen LogP contribution < -0.4 is 10.1 Å². The summed E-state index contributed by atoms with van der Waals surface area (Å²) < 4.78 is 6.17. The fourth-order valence-electron chi connectivity index (χ4n) is 1.21. The molecule has 86 valence electrons. The minimum Gasteiger partial charge on any atom is -0.486 e. The molecule has 0 amide bonds. The van der Waals surface area contributed by atoms with Gasteiger partial charge in [0, 0.05) is 17.5 Å². The first-order chi connectivity index (χ1) is 7.21. The van der Waals surface area contributed by atoms with Crippen LogP contribution in [0, 0.1) is 0 Å². The van der Waals surface area contributed by atoms with E-state index in [1.807, 2.05) is 6.07 Å². The van der Waals surface area contributed by atoms with Gasteiger partial charge in [0.2, 0.25) is 0 Å². The van der Waals surface area contributed by atoms with Gasteiger partial charge in [-0.15, -0.1) is 11.3 Å². The molecule has 2 N–H and O–H groups in total. The SMILES string of the molecule is CCC(CO)NCc1cc(Br)c(OC)s1. The average Bonchev–Trinajstić information content (AvgIpc) is 2.60. The fourth-order valence-corrected chi connectivity index (χ4v) is 2.85. The molecule has 15 heavy (non-hydrogen) atoms. The molecule has 0 bridgehead atoms. The normalized spacial score (nSPS) is 12.8. The van der Waals surface area contributed by atoms with Gasteiger partial charge in [-0.1, -0.05) is 6.92 Å². The number of hydrogen-bond acceptors (Lipinski definition) is 4. The molecule has 0 aliphatic carbocycles. The highest BCUT2D eigenvalue weighted by Crippen LogP contribution is 2.34. The Morgan fingerprint density at radius 1 is 1.67 bits per heavy atom. The molecule has 0 radical (unpaired) electrons. The predicted octanol–water partition coefficient (Wildman–Crippen LogP) is 2.38. The maximum Gasteiger partial charge on any atom is 0.188 e. The van der Waals surface area contributed by atoms with E-state index in [-0.39, 0.29) is 12.6 Å². The van der Waals surface area contributed by atoms with Gasteiger partial charge >= 0.3 is 0 Å². The quantitative estimate of drug-likeness (QED) is 0.846. The summed E-state index contributed by atoms with van der Waals surface area (Å²) in [6, 6.07) is 2.22. The Labute approximate surface area is 103 Å². The Morgan fingerprint density at radius 3 is 2.87 bits per heavy atom. The van der Waals surface area contributed by atoms with E-state index in [2.05, 4.69) is 28.2 Å². The third-order valence-electron chi connectivity index (χ3n) is 2.17. The van der Waals surface area contributed by atoms with E-state index in [1.165, 1.54) is 4.88 Å². The summed E-state index contributed by atoms with van der Waals surface area (Å²) >= 11 is 5.04. The van der Waals surface area contributed by atoms with Gasteiger partial charge in [0.1, 0.15) is 0 Å². The van der Waals surface area contributed by atoms with Crippen molar-refractivity contribution in [2.45, 2.75) is 25.9 Å². The Kier molecular flexibility index (Phi) is 5.60. The molecule has 1 aromatic rings. The number of thiophene rings is 1. The third kappa shape index (κ3) is 3.75. The van der Waals surface area contributed by atoms with E-state index in [4.69, 9.17) is 9.84 Å². The van der Waals surface area contributed by atoms with Crippen molar-refractivity contribution >= 4 is 27.3 Å². The number of ether oxygens (including phenoxy) is 1. The number of nitrogens with one attached hydrogen (secondary N) is 1. The third-order valence-corrected chi connectivity index (χ3v) is 4.12. The number of aliphatic hydroxyl groups excluding tert-OH is 1. The molecule has 1 unspecified atom stereocenters. The zero-order valence-electron chi connectivity index (χ0n) is 8.92. The predicted molar refractivity (Wildman–Crippen MR) is 66.6 cm³/mol. The van der Waals surface area contributed by atoms with E-state index in [0.29, 0.717) is 0 Å². The summed E-state index contributed by atoms with van der Waals surface area (Å²) in [5, 5.41) is 13.2. The van der Waals surface area contributed by atoms with Gasteiger partial charge in [-0.05, 0) is 28.4 Å². The lowest BCUT2D eigenvalue weighted by Gasteiger charge is -2.12. The van der Waals surface area contributed by atoms with Crippen LogP contribution in [0.2, 0.25) is 0 Å². The van der Waals surface area contributed by atoms with E-state index >= 15 is 0 Å². The molecule has 0 saturated heterocycles. The second-order valence-corrected chi connectivity index (χ2v) is 5.17. The molecule has 5 heteroatoms. The minimum absolute atomic E-state index is 0.178. The van der Waals surface area contributed by atoms with Gasteiger partial charge in [-0.3, -0.25) is 0 Å².